The molecule has 3 aromatic carbocycles. The van der Waals surface area contributed by atoms with Crippen LogP contribution in [0.3, 0.4) is 0 Å². The summed E-state index contributed by atoms with van der Waals surface area (Å²) in [7, 11) is 1.64. The predicted octanol–water partition coefficient (Wildman–Crippen LogP) is 4.00. The van der Waals surface area contributed by atoms with E-state index in [9.17, 15) is 9.59 Å². The van der Waals surface area contributed by atoms with Gasteiger partial charge in [-0.05, 0) is 48.0 Å². The lowest BCUT2D eigenvalue weighted by molar-refractivity contribution is -0.115. The smallest absolute Gasteiger partial charge is 0.255 e. The van der Waals surface area contributed by atoms with Crippen LogP contribution in [0, 0.1) is 0 Å². The monoisotopic (exact) mass is 442 g/mol. The van der Waals surface area contributed by atoms with Crippen molar-refractivity contribution in [2.45, 2.75) is 6.42 Å². The van der Waals surface area contributed by atoms with Gasteiger partial charge in [0.25, 0.3) is 5.91 Å². The molecule has 2 amide bonds. The lowest BCUT2D eigenvalue weighted by Gasteiger charge is -2.07. The molecule has 0 atom stereocenters. The van der Waals surface area contributed by atoms with Gasteiger partial charge in [0.15, 0.2) is 0 Å². The van der Waals surface area contributed by atoms with Crippen LogP contribution in [-0.2, 0) is 16.0 Å². The Morgan fingerprint density at radius 1 is 1.06 bits per heavy atom. The van der Waals surface area contributed by atoms with E-state index in [-0.39, 0.29) is 11.8 Å². The molecule has 4 aromatic rings. The fourth-order valence-electron chi connectivity index (χ4n) is 3.75. The largest absolute Gasteiger partial charge is 0.491 e. The number of H-pyrrole nitrogens is 1. The third-order valence-corrected chi connectivity index (χ3v) is 5.42. The minimum atomic E-state index is -0.221. The van der Waals surface area contributed by atoms with E-state index in [0.717, 1.165) is 33.6 Å². The third-order valence-electron chi connectivity index (χ3n) is 5.42. The number of benzene rings is 3. The highest BCUT2D eigenvalue weighted by molar-refractivity contribution is 6.05. The second-order valence-electron chi connectivity index (χ2n) is 7.73. The van der Waals surface area contributed by atoms with Crippen LogP contribution in [0.2, 0.25) is 0 Å². The zero-order valence-corrected chi connectivity index (χ0v) is 18.0. The molecular formula is C25H22N4O4. The maximum atomic E-state index is 12.7. The van der Waals surface area contributed by atoms with Crippen molar-refractivity contribution in [3.05, 3.63) is 71.8 Å². The van der Waals surface area contributed by atoms with Gasteiger partial charge in [-0.1, -0.05) is 12.1 Å². The SMILES string of the molecule is COCCOc1ccc2nc(-c3ccc(C(=O)Nc4ccc5c(c4)CC(=O)N5)cc3)[nH]c2c1. The van der Waals surface area contributed by atoms with E-state index >= 15 is 0 Å². The van der Waals surface area contributed by atoms with Gasteiger partial charge in [-0.15, -0.1) is 0 Å². The number of fused-ring (bicyclic) bond motifs is 2. The van der Waals surface area contributed by atoms with Gasteiger partial charge in [0.1, 0.15) is 18.2 Å². The molecule has 5 rings (SSSR count). The molecule has 0 spiro atoms. The highest BCUT2D eigenvalue weighted by atomic mass is 16.5. The van der Waals surface area contributed by atoms with Crippen LogP contribution < -0.4 is 15.4 Å². The lowest BCUT2D eigenvalue weighted by atomic mass is 10.1. The molecule has 0 saturated carbocycles. The standard InChI is InChI=1S/C25H22N4O4/c1-32-10-11-33-19-7-9-21-22(14-19)29-24(28-21)15-2-4-16(5-3-15)25(31)26-18-6-8-20-17(12-18)13-23(30)27-20/h2-9,12,14H,10-11,13H2,1H3,(H,26,31)(H,27,30)(H,28,29). The highest BCUT2D eigenvalue weighted by Gasteiger charge is 2.18. The van der Waals surface area contributed by atoms with E-state index in [0.29, 0.717) is 36.7 Å². The Balaban J connectivity index is 1.29. The van der Waals surface area contributed by atoms with Crippen molar-refractivity contribution >= 4 is 34.2 Å². The first-order valence-electron chi connectivity index (χ1n) is 10.5. The summed E-state index contributed by atoms with van der Waals surface area (Å²) in [6, 6.07) is 18.3. The molecule has 33 heavy (non-hydrogen) atoms. The van der Waals surface area contributed by atoms with E-state index in [1.165, 1.54) is 0 Å². The molecule has 2 heterocycles. The number of carbonyl (C=O) groups excluding carboxylic acids is 2. The fourth-order valence-corrected chi connectivity index (χ4v) is 3.75. The van der Waals surface area contributed by atoms with Crippen molar-refractivity contribution in [3.63, 3.8) is 0 Å². The van der Waals surface area contributed by atoms with Gasteiger partial charge in [-0.25, -0.2) is 4.98 Å². The van der Waals surface area contributed by atoms with Crippen molar-refractivity contribution in [1.29, 1.82) is 0 Å². The van der Waals surface area contributed by atoms with E-state index in [4.69, 9.17) is 9.47 Å². The van der Waals surface area contributed by atoms with E-state index in [2.05, 4.69) is 20.6 Å². The van der Waals surface area contributed by atoms with Crippen LogP contribution in [-0.4, -0.2) is 42.1 Å². The number of imidazole rings is 1. The van der Waals surface area contributed by atoms with Crippen molar-refractivity contribution in [2.75, 3.05) is 31.0 Å². The molecule has 8 heteroatoms. The molecule has 0 radical (unpaired) electrons. The summed E-state index contributed by atoms with van der Waals surface area (Å²) in [5.74, 6) is 1.20. The van der Waals surface area contributed by atoms with Crippen molar-refractivity contribution in [2.24, 2.45) is 0 Å². The number of rotatable bonds is 7. The van der Waals surface area contributed by atoms with Crippen molar-refractivity contribution in [3.8, 4) is 17.1 Å². The van der Waals surface area contributed by atoms with Crippen LogP contribution >= 0.6 is 0 Å². The maximum Gasteiger partial charge on any atom is 0.255 e. The molecule has 0 bridgehead atoms. The van der Waals surface area contributed by atoms with Crippen molar-refractivity contribution < 1.29 is 19.1 Å². The number of amides is 2. The Morgan fingerprint density at radius 2 is 1.91 bits per heavy atom. The Bertz CT molecular complexity index is 1340. The zero-order valence-electron chi connectivity index (χ0n) is 18.0. The number of carbonyl (C=O) groups is 2. The lowest BCUT2D eigenvalue weighted by Crippen LogP contribution is -2.11. The number of anilines is 2. The average Bonchev–Trinajstić information content (AvgIpc) is 3.41. The minimum Gasteiger partial charge on any atom is -0.491 e. The summed E-state index contributed by atoms with van der Waals surface area (Å²) in [6.07, 6.45) is 0.325. The van der Waals surface area contributed by atoms with Crippen LogP contribution in [0.1, 0.15) is 15.9 Å². The quantitative estimate of drug-likeness (QED) is 0.375. The van der Waals surface area contributed by atoms with Gasteiger partial charge in [-0.3, -0.25) is 9.59 Å². The molecular weight excluding hydrogens is 420 g/mol. The number of aromatic amines is 1. The molecule has 0 saturated heterocycles. The third kappa shape index (κ3) is 4.42. The number of nitrogens with zero attached hydrogens (tertiary/aromatic N) is 1. The summed E-state index contributed by atoms with van der Waals surface area (Å²) < 4.78 is 10.7. The number of ether oxygens (including phenoxy) is 2. The molecule has 0 aliphatic carbocycles. The molecule has 1 aliphatic rings. The molecule has 3 N–H and O–H groups in total. The summed E-state index contributed by atoms with van der Waals surface area (Å²) >= 11 is 0. The number of aromatic nitrogens is 2. The fraction of sp³-hybridized carbons (Fsp3) is 0.160. The first-order valence-corrected chi connectivity index (χ1v) is 10.5. The van der Waals surface area contributed by atoms with E-state index < -0.39 is 0 Å². The van der Waals surface area contributed by atoms with Crippen LogP contribution in [0.25, 0.3) is 22.4 Å². The Labute approximate surface area is 189 Å². The normalized spacial score (nSPS) is 12.5. The number of methoxy groups -OCH3 is 1. The van der Waals surface area contributed by atoms with Crippen LogP contribution in [0.15, 0.2) is 60.7 Å². The van der Waals surface area contributed by atoms with Gasteiger partial charge < -0.3 is 25.1 Å². The molecule has 8 nitrogen and oxygen atoms in total. The minimum absolute atomic E-state index is 0.0375. The molecule has 1 aliphatic heterocycles. The Hall–Kier alpha value is -4.17. The number of nitrogens with one attached hydrogen (secondary N) is 3. The second kappa shape index (κ2) is 8.76. The van der Waals surface area contributed by atoms with Crippen molar-refractivity contribution in [1.82, 2.24) is 9.97 Å². The summed E-state index contributed by atoms with van der Waals surface area (Å²) in [5, 5.41) is 5.67. The molecule has 166 valence electrons. The van der Waals surface area contributed by atoms with E-state index in [1.807, 2.05) is 36.4 Å². The van der Waals surface area contributed by atoms with Gasteiger partial charge in [0, 0.05) is 35.7 Å². The molecule has 1 aromatic heterocycles. The number of hydrogen-bond acceptors (Lipinski definition) is 5. The second-order valence-corrected chi connectivity index (χ2v) is 7.73. The number of hydrogen-bond donors (Lipinski definition) is 3. The summed E-state index contributed by atoms with van der Waals surface area (Å²) in [6.45, 7) is 1.00. The van der Waals surface area contributed by atoms with E-state index in [1.54, 1.807) is 31.4 Å². The van der Waals surface area contributed by atoms with Gasteiger partial charge in [0.2, 0.25) is 5.91 Å². The Kier molecular flexibility index (Phi) is 5.50. The molecule has 0 fully saturated rings. The van der Waals surface area contributed by atoms with Gasteiger partial charge >= 0.3 is 0 Å². The summed E-state index contributed by atoms with van der Waals surface area (Å²) in [5.41, 5.74) is 5.42. The topological polar surface area (TPSA) is 105 Å². The summed E-state index contributed by atoms with van der Waals surface area (Å²) in [4.78, 5) is 32.1. The maximum absolute atomic E-state index is 12.7. The van der Waals surface area contributed by atoms with Crippen LogP contribution in [0.5, 0.6) is 5.75 Å². The van der Waals surface area contributed by atoms with Gasteiger partial charge in [-0.2, -0.15) is 0 Å². The molecule has 0 unspecified atom stereocenters. The van der Waals surface area contributed by atoms with Crippen LogP contribution in [0.4, 0.5) is 11.4 Å². The average molecular weight is 442 g/mol. The predicted molar refractivity (Wildman–Crippen MR) is 126 cm³/mol. The first kappa shape index (κ1) is 20.7. The highest BCUT2D eigenvalue weighted by Crippen LogP contribution is 2.27. The van der Waals surface area contributed by atoms with Gasteiger partial charge in [0.05, 0.1) is 24.1 Å². The first-order chi connectivity index (χ1) is 16.1. The zero-order chi connectivity index (χ0) is 22.8. The Morgan fingerprint density at radius 3 is 2.73 bits per heavy atom.